The smallest absolute Gasteiger partial charge is 0.265 e. The van der Waals surface area contributed by atoms with Crippen LogP contribution in [0.4, 0.5) is 5.69 Å². The van der Waals surface area contributed by atoms with Crippen molar-refractivity contribution in [2.45, 2.75) is 6.23 Å². The third kappa shape index (κ3) is 2.41. The van der Waals surface area contributed by atoms with Crippen molar-refractivity contribution in [3.8, 4) is 0 Å². The fourth-order valence-corrected chi connectivity index (χ4v) is 2.36. The van der Waals surface area contributed by atoms with Crippen LogP contribution in [0.3, 0.4) is 0 Å². The molecule has 0 aliphatic carbocycles. The number of carbonyl (C=O) groups excluding carboxylic acids is 1. The summed E-state index contributed by atoms with van der Waals surface area (Å²) in [7, 11) is 1.37. The van der Waals surface area contributed by atoms with Crippen molar-refractivity contribution < 1.29 is 14.7 Å². The Morgan fingerprint density at radius 1 is 1.47 bits per heavy atom. The highest BCUT2D eigenvalue weighted by Gasteiger charge is 2.33. The van der Waals surface area contributed by atoms with Gasteiger partial charge in [-0.05, 0) is 6.07 Å². The van der Waals surface area contributed by atoms with Crippen molar-refractivity contribution in [2.75, 3.05) is 12.3 Å². The number of para-hydroxylation sites is 1. The molecule has 1 aliphatic rings. The summed E-state index contributed by atoms with van der Waals surface area (Å²) in [6.07, 6.45) is -0.808. The maximum atomic E-state index is 11.5. The van der Waals surface area contributed by atoms with E-state index in [0.717, 1.165) is 0 Å². The monoisotopic (exact) mass is 303 g/mol. The zero-order chi connectivity index (χ0) is 14.2. The van der Waals surface area contributed by atoms with Gasteiger partial charge in [-0.3, -0.25) is 10.0 Å². The predicted octanol–water partition coefficient (Wildman–Crippen LogP) is 2.09. The van der Waals surface area contributed by atoms with E-state index in [1.54, 1.807) is 6.07 Å². The number of anilines is 1. The van der Waals surface area contributed by atoms with Crippen molar-refractivity contribution in [2.24, 2.45) is 0 Å². The number of ether oxygens (including phenoxy) is 1. The van der Waals surface area contributed by atoms with Crippen LogP contribution in [0.5, 0.6) is 0 Å². The van der Waals surface area contributed by atoms with Crippen LogP contribution in [0.1, 0.15) is 5.56 Å². The Kier molecular flexibility index (Phi) is 3.98. The van der Waals surface area contributed by atoms with E-state index in [9.17, 15) is 10.0 Å². The van der Waals surface area contributed by atoms with Gasteiger partial charge in [0.2, 0.25) is 0 Å². The van der Waals surface area contributed by atoms with Gasteiger partial charge in [-0.1, -0.05) is 35.3 Å². The van der Waals surface area contributed by atoms with E-state index in [1.165, 1.54) is 19.2 Å². The van der Waals surface area contributed by atoms with Crippen molar-refractivity contribution in [3.63, 3.8) is 0 Å². The first-order valence-corrected chi connectivity index (χ1v) is 5.91. The standard InChI is InChI=1S/C11H9Cl2N2O4/c1-19-11-7(8(13)10(16)14-11)5-3-2-4-6(12)9(5)15(17)18/h2-4,11,17H,1H3,(H,14,16)/q-1/t11-/m0/s1. The van der Waals surface area contributed by atoms with E-state index in [1.807, 2.05) is 0 Å². The molecule has 0 saturated carbocycles. The summed E-state index contributed by atoms with van der Waals surface area (Å²) in [5.41, 5.74) is 0.276. The van der Waals surface area contributed by atoms with E-state index in [-0.39, 0.29) is 32.1 Å². The molecule has 8 heteroatoms. The lowest BCUT2D eigenvalue weighted by Gasteiger charge is -2.27. The number of rotatable bonds is 3. The van der Waals surface area contributed by atoms with E-state index >= 15 is 0 Å². The number of nitrogens with zero attached hydrogens (tertiary/aromatic N) is 1. The fourth-order valence-electron chi connectivity index (χ4n) is 1.86. The molecule has 1 aliphatic heterocycles. The van der Waals surface area contributed by atoms with Crippen LogP contribution in [0.15, 0.2) is 23.2 Å². The zero-order valence-electron chi connectivity index (χ0n) is 9.68. The van der Waals surface area contributed by atoms with Crippen molar-refractivity contribution >= 4 is 40.4 Å². The SMILES string of the molecule is CO[C@@H]1NC(=O)C(Cl)=C1c1cccc(Cl)c1N([O-])O. The Labute approximate surface area is 118 Å². The van der Waals surface area contributed by atoms with Crippen LogP contribution in [0.2, 0.25) is 5.02 Å². The number of hydrogen-bond acceptors (Lipinski definition) is 5. The zero-order valence-corrected chi connectivity index (χ0v) is 11.2. The molecular weight excluding hydrogens is 295 g/mol. The lowest BCUT2D eigenvalue weighted by molar-refractivity contribution is -0.118. The minimum Gasteiger partial charge on any atom is -0.733 e. The number of hydrogen-bond donors (Lipinski definition) is 2. The molecule has 0 radical (unpaired) electrons. The third-order valence-electron chi connectivity index (χ3n) is 2.66. The maximum absolute atomic E-state index is 11.5. The van der Waals surface area contributed by atoms with Crippen molar-refractivity contribution in [3.05, 3.63) is 39.0 Å². The van der Waals surface area contributed by atoms with Gasteiger partial charge in [0.05, 0.1) is 10.7 Å². The molecule has 6 nitrogen and oxygen atoms in total. The normalized spacial score (nSPS) is 18.8. The van der Waals surface area contributed by atoms with Gasteiger partial charge < -0.3 is 20.5 Å². The second-order valence-electron chi connectivity index (χ2n) is 3.73. The van der Waals surface area contributed by atoms with Crippen molar-refractivity contribution in [1.82, 2.24) is 5.32 Å². The first-order chi connectivity index (χ1) is 8.97. The summed E-state index contributed by atoms with van der Waals surface area (Å²) in [6.45, 7) is 0. The lowest BCUT2D eigenvalue weighted by atomic mass is 10.0. The number of halogens is 2. The summed E-state index contributed by atoms with van der Waals surface area (Å²) in [5.74, 6) is -0.523. The molecule has 0 spiro atoms. The molecule has 0 aromatic heterocycles. The first-order valence-electron chi connectivity index (χ1n) is 5.15. The van der Waals surface area contributed by atoms with Crippen molar-refractivity contribution in [1.29, 1.82) is 0 Å². The quantitative estimate of drug-likeness (QED) is 0.835. The highest BCUT2D eigenvalue weighted by Crippen LogP contribution is 2.39. The molecule has 2 rings (SSSR count). The third-order valence-corrected chi connectivity index (χ3v) is 3.34. The largest absolute Gasteiger partial charge is 0.733 e. The molecule has 19 heavy (non-hydrogen) atoms. The van der Waals surface area contributed by atoms with Gasteiger partial charge in [0, 0.05) is 18.2 Å². The number of benzene rings is 1. The first kappa shape index (κ1) is 14.1. The maximum Gasteiger partial charge on any atom is 0.265 e. The van der Waals surface area contributed by atoms with Gasteiger partial charge in [-0.15, -0.1) is 0 Å². The summed E-state index contributed by atoms with van der Waals surface area (Å²) in [5, 5.41) is 22.4. The molecule has 1 atom stereocenters. The molecule has 2 N–H and O–H groups in total. The topological polar surface area (TPSA) is 84.9 Å². The fraction of sp³-hybridized carbons (Fsp3) is 0.182. The van der Waals surface area contributed by atoms with Gasteiger partial charge >= 0.3 is 0 Å². The van der Waals surface area contributed by atoms with Crippen LogP contribution < -0.4 is 10.5 Å². The number of methoxy groups -OCH3 is 1. The van der Waals surface area contributed by atoms with Gasteiger partial charge in [0.25, 0.3) is 5.91 Å². The molecular formula is C11H9Cl2N2O4-. The van der Waals surface area contributed by atoms with Gasteiger partial charge in [-0.2, -0.15) is 0 Å². The lowest BCUT2D eigenvalue weighted by Crippen LogP contribution is -2.30. The van der Waals surface area contributed by atoms with Crippen LogP contribution in [0, 0.1) is 5.21 Å². The van der Waals surface area contributed by atoms with E-state index in [4.69, 9.17) is 33.1 Å². The molecule has 102 valence electrons. The second kappa shape index (κ2) is 5.36. The highest BCUT2D eigenvalue weighted by atomic mass is 35.5. The minimum absolute atomic E-state index is 0.0289. The van der Waals surface area contributed by atoms with Gasteiger partial charge in [0.1, 0.15) is 5.03 Å². The van der Waals surface area contributed by atoms with Crippen LogP contribution >= 0.6 is 23.2 Å². The molecule has 0 unspecified atom stereocenters. The Morgan fingerprint density at radius 2 is 2.16 bits per heavy atom. The highest BCUT2D eigenvalue weighted by molar-refractivity contribution is 6.47. The summed E-state index contributed by atoms with van der Waals surface area (Å²) in [6, 6.07) is 4.51. The average molecular weight is 304 g/mol. The molecule has 1 heterocycles. The molecule has 1 aromatic rings. The van der Waals surface area contributed by atoms with Gasteiger partial charge in [0.15, 0.2) is 6.23 Å². The number of amides is 1. The molecule has 0 bridgehead atoms. The Bertz CT molecular complexity index is 560. The Morgan fingerprint density at radius 3 is 2.74 bits per heavy atom. The van der Waals surface area contributed by atoms with Crippen LogP contribution in [-0.4, -0.2) is 24.5 Å². The predicted molar refractivity (Wildman–Crippen MR) is 70.8 cm³/mol. The van der Waals surface area contributed by atoms with E-state index in [0.29, 0.717) is 0 Å². The summed E-state index contributed by atoms with van der Waals surface area (Å²) < 4.78 is 5.07. The Hall–Kier alpha value is -1.31. The molecule has 1 amide bonds. The second-order valence-corrected chi connectivity index (χ2v) is 4.51. The average Bonchev–Trinajstić information content (AvgIpc) is 2.64. The summed E-state index contributed by atoms with van der Waals surface area (Å²) in [4.78, 5) is 11.5. The number of carbonyl (C=O) groups is 1. The molecule has 1 aromatic carbocycles. The van der Waals surface area contributed by atoms with Crippen LogP contribution in [0.25, 0.3) is 5.57 Å². The number of nitrogens with one attached hydrogen (secondary N) is 1. The van der Waals surface area contributed by atoms with Gasteiger partial charge in [-0.25, -0.2) is 0 Å². The van der Waals surface area contributed by atoms with Crippen LogP contribution in [-0.2, 0) is 9.53 Å². The van der Waals surface area contributed by atoms with E-state index in [2.05, 4.69) is 5.32 Å². The molecule has 0 saturated heterocycles. The summed E-state index contributed by atoms with van der Waals surface area (Å²) >= 11 is 11.8. The molecule has 0 fully saturated rings. The van der Waals surface area contributed by atoms with E-state index < -0.39 is 12.1 Å². The minimum atomic E-state index is -0.808. The Balaban J connectivity index is 2.65.